The van der Waals surface area contributed by atoms with E-state index < -0.39 is 11.6 Å². The van der Waals surface area contributed by atoms with Crippen molar-refractivity contribution in [3.05, 3.63) is 89.6 Å². The first-order chi connectivity index (χ1) is 17.6. The first-order valence-corrected chi connectivity index (χ1v) is 12.2. The number of carbonyl (C=O) groups is 1. The van der Waals surface area contributed by atoms with Gasteiger partial charge in [-0.1, -0.05) is 30.3 Å². The van der Waals surface area contributed by atoms with E-state index in [9.17, 15) is 13.6 Å². The third kappa shape index (κ3) is 5.54. The molecule has 36 heavy (non-hydrogen) atoms. The number of nitrogens with zero attached hydrogens (tertiary/aromatic N) is 3. The first kappa shape index (κ1) is 23.9. The normalized spacial score (nSPS) is 13.8. The number of fused-ring (bicyclic) bond motifs is 1. The number of hydrogen-bond acceptors (Lipinski definition) is 4. The maximum atomic E-state index is 13.8. The number of hydrogen-bond donors (Lipinski definition) is 1. The molecule has 1 aromatic heterocycles. The lowest BCUT2D eigenvalue weighted by atomic mass is 10.1. The fraction of sp³-hybridized carbons (Fsp3) is 0.286. The molecule has 1 aliphatic rings. The molecular weight excluding hydrogens is 462 g/mol. The highest BCUT2D eigenvalue weighted by Crippen LogP contribution is 2.24. The Hall–Kier alpha value is -3.78. The molecule has 1 N–H and O–H groups in total. The van der Waals surface area contributed by atoms with Crippen LogP contribution in [0.25, 0.3) is 10.9 Å². The second-order valence-electron chi connectivity index (χ2n) is 9.03. The maximum Gasteiger partial charge on any atom is 0.228 e. The topological polar surface area (TPSA) is 59.4 Å². The van der Waals surface area contributed by atoms with Crippen LogP contribution in [0.2, 0.25) is 0 Å². The lowest BCUT2D eigenvalue weighted by molar-refractivity contribution is -0.115. The number of carbonyl (C=O) groups excluding carboxylic acids is 1. The summed E-state index contributed by atoms with van der Waals surface area (Å²) in [5.41, 5.74) is 2.70. The average Bonchev–Trinajstić information content (AvgIpc) is 3.55. The van der Waals surface area contributed by atoms with Gasteiger partial charge in [-0.3, -0.25) is 9.48 Å². The Kier molecular flexibility index (Phi) is 7.23. The predicted molar refractivity (Wildman–Crippen MR) is 135 cm³/mol. The third-order valence-corrected chi connectivity index (χ3v) is 6.50. The molecule has 0 aliphatic carbocycles. The lowest BCUT2D eigenvalue weighted by Gasteiger charge is -2.14. The smallest absolute Gasteiger partial charge is 0.228 e. The minimum atomic E-state index is -0.905. The maximum absolute atomic E-state index is 13.8. The molecule has 0 atom stereocenters. The number of halogens is 2. The van der Waals surface area contributed by atoms with Crippen LogP contribution < -0.4 is 10.1 Å². The Labute approximate surface area is 208 Å². The monoisotopic (exact) mass is 490 g/mol. The quantitative estimate of drug-likeness (QED) is 0.352. The van der Waals surface area contributed by atoms with Crippen molar-refractivity contribution in [3.8, 4) is 5.75 Å². The van der Waals surface area contributed by atoms with Crippen molar-refractivity contribution in [1.29, 1.82) is 0 Å². The van der Waals surface area contributed by atoms with Gasteiger partial charge in [0.25, 0.3) is 0 Å². The highest BCUT2D eigenvalue weighted by atomic mass is 19.2. The minimum Gasteiger partial charge on any atom is -0.489 e. The number of rotatable bonds is 9. The Morgan fingerprint density at radius 3 is 2.56 bits per heavy atom. The third-order valence-electron chi connectivity index (χ3n) is 6.50. The zero-order chi connectivity index (χ0) is 24.9. The number of nitrogens with one attached hydrogen (secondary N) is 1. The molecule has 0 radical (unpaired) electrons. The predicted octanol–water partition coefficient (Wildman–Crippen LogP) is 5.17. The molecule has 8 heteroatoms. The van der Waals surface area contributed by atoms with Crippen molar-refractivity contribution in [2.24, 2.45) is 0 Å². The Bertz CT molecular complexity index is 1350. The van der Waals surface area contributed by atoms with Gasteiger partial charge in [-0.2, -0.15) is 5.10 Å². The van der Waals surface area contributed by atoms with Gasteiger partial charge in [-0.05, 0) is 61.8 Å². The first-order valence-electron chi connectivity index (χ1n) is 12.2. The fourth-order valence-corrected chi connectivity index (χ4v) is 4.54. The molecule has 1 amide bonds. The average molecular weight is 491 g/mol. The van der Waals surface area contributed by atoms with Crippen LogP contribution in [-0.4, -0.2) is 40.2 Å². The Balaban J connectivity index is 1.17. The van der Waals surface area contributed by atoms with Gasteiger partial charge >= 0.3 is 0 Å². The number of anilines is 1. The van der Waals surface area contributed by atoms with E-state index in [2.05, 4.69) is 15.3 Å². The van der Waals surface area contributed by atoms with Crippen molar-refractivity contribution < 1.29 is 18.3 Å². The van der Waals surface area contributed by atoms with E-state index in [-0.39, 0.29) is 24.5 Å². The van der Waals surface area contributed by atoms with Gasteiger partial charge in [0.15, 0.2) is 11.6 Å². The van der Waals surface area contributed by atoms with Crippen LogP contribution in [0.3, 0.4) is 0 Å². The van der Waals surface area contributed by atoms with Gasteiger partial charge < -0.3 is 15.0 Å². The Morgan fingerprint density at radius 1 is 0.972 bits per heavy atom. The summed E-state index contributed by atoms with van der Waals surface area (Å²) in [6, 6.07) is 16.8. The highest BCUT2D eigenvalue weighted by Gasteiger charge is 2.14. The summed E-state index contributed by atoms with van der Waals surface area (Å²) < 4.78 is 34.7. The standard InChI is InChI=1S/C28H28F2N4O2/c29-24-6-3-5-21(28(24)30)19-36-22-11-9-20(10-12-22)17-27(35)32-25-7-4-8-26-23(25)18-31-34(26)16-15-33-13-1-2-14-33/h3-12,18H,1-2,13-17,19H2,(H,32,35). The van der Waals surface area contributed by atoms with E-state index in [1.807, 2.05) is 29.1 Å². The van der Waals surface area contributed by atoms with Crippen molar-refractivity contribution in [1.82, 2.24) is 14.7 Å². The highest BCUT2D eigenvalue weighted by molar-refractivity contribution is 6.01. The van der Waals surface area contributed by atoms with E-state index in [0.29, 0.717) is 5.75 Å². The summed E-state index contributed by atoms with van der Waals surface area (Å²) in [6.07, 6.45) is 4.53. The summed E-state index contributed by atoms with van der Waals surface area (Å²) >= 11 is 0. The largest absolute Gasteiger partial charge is 0.489 e. The second kappa shape index (κ2) is 10.9. The number of likely N-dealkylation sites (tertiary alicyclic amines) is 1. The van der Waals surface area contributed by atoms with Gasteiger partial charge in [0.2, 0.25) is 5.91 Å². The molecule has 0 bridgehead atoms. The second-order valence-corrected chi connectivity index (χ2v) is 9.03. The molecule has 6 nitrogen and oxygen atoms in total. The number of benzene rings is 3. The fourth-order valence-electron chi connectivity index (χ4n) is 4.54. The zero-order valence-corrected chi connectivity index (χ0v) is 19.9. The van der Waals surface area contributed by atoms with Gasteiger partial charge in [0.05, 0.1) is 30.4 Å². The SMILES string of the molecule is O=C(Cc1ccc(OCc2cccc(F)c2F)cc1)Nc1cccc2c1cnn2CCN1CCCC1. The summed E-state index contributed by atoms with van der Waals surface area (Å²) in [5, 5.41) is 8.47. The van der Waals surface area contributed by atoms with E-state index in [1.165, 1.54) is 25.0 Å². The van der Waals surface area contributed by atoms with Crippen LogP contribution in [-0.2, 0) is 24.4 Å². The molecule has 1 fully saturated rings. The molecule has 0 unspecified atom stereocenters. The summed E-state index contributed by atoms with van der Waals surface area (Å²) in [6.45, 7) is 4.02. The molecular formula is C28H28F2N4O2. The molecule has 2 heterocycles. The minimum absolute atomic E-state index is 0.0842. The Morgan fingerprint density at radius 2 is 1.75 bits per heavy atom. The van der Waals surface area contributed by atoms with Gasteiger partial charge in [0.1, 0.15) is 12.4 Å². The lowest BCUT2D eigenvalue weighted by Crippen LogP contribution is -2.24. The van der Waals surface area contributed by atoms with Crippen LogP contribution in [0.5, 0.6) is 5.75 Å². The molecule has 1 saturated heterocycles. The molecule has 4 aromatic rings. The van der Waals surface area contributed by atoms with Crippen molar-refractivity contribution in [2.75, 3.05) is 25.0 Å². The van der Waals surface area contributed by atoms with Gasteiger partial charge in [-0.25, -0.2) is 8.78 Å². The van der Waals surface area contributed by atoms with Crippen LogP contribution in [0.15, 0.2) is 66.9 Å². The molecule has 1 aliphatic heterocycles. The molecule has 0 saturated carbocycles. The van der Waals surface area contributed by atoms with E-state index >= 15 is 0 Å². The van der Waals surface area contributed by atoms with Gasteiger partial charge in [0, 0.05) is 17.5 Å². The van der Waals surface area contributed by atoms with E-state index in [0.717, 1.165) is 54.4 Å². The van der Waals surface area contributed by atoms with E-state index in [1.54, 1.807) is 24.3 Å². The summed E-state index contributed by atoms with van der Waals surface area (Å²) in [7, 11) is 0. The van der Waals surface area contributed by atoms with Crippen LogP contribution in [0.4, 0.5) is 14.5 Å². The molecule has 3 aromatic carbocycles. The van der Waals surface area contributed by atoms with Crippen molar-refractivity contribution in [2.45, 2.75) is 32.4 Å². The molecule has 0 spiro atoms. The summed E-state index contributed by atoms with van der Waals surface area (Å²) in [4.78, 5) is 15.2. The van der Waals surface area contributed by atoms with Crippen molar-refractivity contribution >= 4 is 22.5 Å². The molecule has 186 valence electrons. The van der Waals surface area contributed by atoms with Crippen LogP contribution >= 0.6 is 0 Å². The zero-order valence-electron chi connectivity index (χ0n) is 19.9. The van der Waals surface area contributed by atoms with Crippen LogP contribution in [0.1, 0.15) is 24.0 Å². The number of aromatic nitrogens is 2. The molecule has 5 rings (SSSR count). The van der Waals surface area contributed by atoms with Gasteiger partial charge in [-0.15, -0.1) is 0 Å². The van der Waals surface area contributed by atoms with E-state index in [4.69, 9.17) is 4.74 Å². The van der Waals surface area contributed by atoms with Crippen LogP contribution in [0, 0.1) is 11.6 Å². The number of ether oxygens (including phenoxy) is 1. The summed E-state index contributed by atoms with van der Waals surface area (Å²) in [5.74, 6) is -1.43. The number of amides is 1. The van der Waals surface area contributed by atoms with Crippen molar-refractivity contribution in [3.63, 3.8) is 0 Å².